The van der Waals surface area contributed by atoms with Gasteiger partial charge in [-0.25, -0.2) is 0 Å². The maximum atomic E-state index is 11.5. The molecule has 0 radical (unpaired) electrons. The van der Waals surface area contributed by atoms with Gasteiger partial charge in [0.25, 0.3) is 0 Å². The molecule has 0 amide bonds. The summed E-state index contributed by atoms with van der Waals surface area (Å²) in [5.74, 6) is 0.752. The van der Waals surface area contributed by atoms with E-state index in [1.807, 2.05) is 6.08 Å². The molecule has 3 nitrogen and oxygen atoms in total. The Balaban J connectivity index is 1.90. The van der Waals surface area contributed by atoms with Crippen LogP contribution < -0.4 is 10.9 Å². The highest BCUT2D eigenvalue weighted by molar-refractivity contribution is 5.59. The number of likely N-dealkylation sites (tertiary alicyclic amines) is 1. The summed E-state index contributed by atoms with van der Waals surface area (Å²) in [5, 5.41) is 0. The molecule has 1 aliphatic carbocycles. The first-order valence-corrected chi connectivity index (χ1v) is 6.83. The van der Waals surface area contributed by atoms with Crippen molar-refractivity contribution in [1.82, 2.24) is 4.90 Å². The summed E-state index contributed by atoms with van der Waals surface area (Å²) >= 11 is 0. The molecule has 0 aromatic heterocycles. The molecule has 0 bridgehead atoms. The maximum absolute atomic E-state index is 11.5. The van der Waals surface area contributed by atoms with Gasteiger partial charge in [-0.2, -0.15) is 0 Å². The van der Waals surface area contributed by atoms with Crippen LogP contribution in [0.4, 0.5) is 0 Å². The molecule has 2 aliphatic rings. The van der Waals surface area contributed by atoms with Gasteiger partial charge in [-0.05, 0) is 38.2 Å². The van der Waals surface area contributed by atoms with Crippen molar-refractivity contribution in [3.8, 4) is 0 Å². The number of fused-ring (bicyclic) bond motifs is 1. The predicted molar refractivity (Wildman–Crippen MR) is 72.2 cm³/mol. The first-order chi connectivity index (χ1) is 8.59. The van der Waals surface area contributed by atoms with Crippen LogP contribution in [0, 0.1) is 12.8 Å². The number of rotatable bonds is 1. The monoisotopic (exact) mass is 245 g/mol. The molecule has 1 heterocycles. The Morgan fingerprint density at radius 2 is 1.89 bits per heavy atom. The third-order valence-electron chi connectivity index (χ3n) is 4.80. The van der Waals surface area contributed by atoms with Crippen LogP contribution in [0.3, 0.4) is 0 Å². The highest BCUT2D eigenvalue weighted by Gasteiger charge is 2.36. The third-order valence-corrected chi connectivity index (χ3v) is 4.80. The van der Waals surface area contributed by atoms with Gasteiger partial charge in [-0.3, -0.25) is 9.59 Å². The Kier molecular flexibility index (Phi) is 2.65. The van der Waals surface area contributed by atoms with E-state index in [1.54, 1.807) is 6.92 Å². The number of hydrogen-bond acceptors (Lipinski definition) is 3. The van der Waals surface area contributed by atoms with Gasteiger partial charge >= 0.3 is 0 Å². The van der Waals surface area contributed by atoms with Crippen LogP contribution in [0.15, 0.2) is 15.3 Å². The lowest BCUT2D eigenvalue weighted by Crippen LogP contribution is -2.37. The highest BCUT2D eigenvalue weighted by atomic mass is 16.2. The van der Waals surface area contributed by atoms with E-state index in [0.717, 1.165) is 12.3 Å². The minimum Gasteiger partial charge on any atom is -0.375 e. The van der Waals surface area contributed by atoms with E-state index in [1.165, 1.54) is 31.4 Å². The van der Waals surface area contributed by atoms with Crippen molar-refractivity contribution < 1.29 is 0 Å². The third kappa shape index (κ3) is 1.57. The maximum Gasteiger partial charge on any atom is 0.233 e. The molecular formula is C15H19NO2. The van der Waals surface area contributed by atoms with Gasteiger partial charge in [0.1, 0.15) is 0 Å². The SMILES string of the molecule is Cc1c(/C=C2/CC3CCCCC3N2C)c(=O)c1=O. The summed E-state index contributed by atoms with van der Waals surface area (Å²) in [6.07, 6.45) is 8.25. The molecule has 2 unspecified atom stereocenters. The lowest BCUT2D eigenvalue weighted by Gasteiger charge is -2.30. The predicted octanol–water partition coefficient (Wildman–Crippen LogP) is 1.83. The van der Waals surface area contributed by atoms with Crippen LogP contribution in [0.2, 0.25) is 0 Å². The van der Waals surface area contributed by atoms with Gasteiger partial charge in [0.2, 0.25) is 10.9 Å². The molecule has 96 valence electrons. The second-order valence-electron chi connectivity index (χ2n) is 5.76. The van der Waals surface area contributed by atoms with Gasteiger partial charge in [-0.15, -0.1) is 0 Å². The van der Waals surface area contributed by atoms with Crippen molar-refractivity contribution in [1.29, 1.82) is 0 Å². The van der Waals surface area contributed by atoms with Crippen LogP contribution >= 0.6 is 0 Å². The standard InChI is InChI=1S/C15H19NO2/c1-9-12(15(18)14(9)17)8-11-7-10-5-3-4-6-13(10)16(11)2/h8,10,13H,3-7H2,1-2H3/b11-8-. The fourth-order valence-electron chi connectivity index (χ4n) is 3.59. The molecule has 1 aromatic rings. The molecule has 1 saturated heterocycles. The van der Waals surface area contributed by atoms with Crippen molar-refractivity contribution >= 4 is 6.08 Å². The van der Waals surface area contributed by atoms with E-state index in [0.29, 0.717) is 17.2 Å². The van der Waals surface area contributed by atoms with E-state index in [2.05, 4.69) is 11.9 Å². The normalized spacial score (nSPS) is 30.1. The average molecular weight is 245 g/mol. The summed E-state index contributed by atoms with van der Waals surface area (Å²) in [7, 11) is 2.13. The first-order valence-electron chi connectivity index (χ1n) is 6.83. The first kappa shape index (κ1) is 11.7. The molecule has 2 fully saturated rings. The van der Waals surface area contributed by atoms with Crippen molar-refractivity contribution in [3.63, 3.8) is 0 Å². The number of hydrogen-bond donors (Lipinski definition) is 0. The quantitative estimate of drug-likeness (QED) is 0.708. The zero-order chi connectivity index (χ0) is 12.9. The molecule has 0 N–H and O–H groups in total. The molecule has 0 spiro atoms. The number of nitrogens with zero attached hydrogens (tertiary/aromatic N) is 1. The average Bonchev–Trinajstić information content (AvgIpc) is 2.72. The Bertz CT molecular complexity index is 578. The second-order valence-corrected chi connectivity index (χ2v) is 5.76. The largest absolute Gasteiger partial charge is 0.375 e. The van der Waals surface area contributed by atoms with Crippen LogP contribution in [0.5, 0.6) is 0 Å². The molecule has 3 heteroatoms. The summed E-state index contributed by atoms with van der Waals surface area (Å²) in [5.41, 5.74) is 1.90. The summed E-state index contributed by atoms with van der Waals surface area (Å²) in [4.78, 5) is 25.1. The van der Waals surface area contributed by atoms with Crippen LogP contribution in [0.25, 0.3) is 6.08 Å². The van der Waals surface area contributed by atoms with Gasteiger partial charge in [0.15, 0.2) is 0 Å². The van der Waals surface area contributed by atoms with Crippen LogP contribution in [0.1, 0.15) is 43.2 Å². The van der Waals surface area contributed by atoms with E-state index < -0.39 is 0 Å². The second kappa shape index (κ2) is 4.08. The zero-order valence-corrected chi connectivity index (χ0v) is 11.0. The molecule has 1 aromatic carbocycles. The summed E-state index contributed by atoms with van der Waals surface area (Å²) in [6, 6.07) is 0.650. The molecule has 18 heavy (non-hydrogen) atoms. The smallest absolute Gasteiger partial charge is 0.233 e. The highest BCUT2D eigenvalue weighted by Crippen LogP contribution is 2.41. The van der Waals surface area contributed by atoms with Crippen molar-refractivity contribution in [2.24, 2.45) is 5.92 Å². The van der Waals surface area contributed by atoms with Gasteiger partial charge in [0.05, 0.1) is 0 Å². The molecule has 3 rings (SSSR count). The molecule has 1 aliphatic heterocycles. The Morgan fingerprint density at radius 3 is 2.56 bits per heavy atom. The minimum absolute atomic E-state index is 0.303. The summed E-state index contributed by atoms with van der Waals surface area (Å²) in [6.45, 7) is 1.75. The Hall–Kier alpha value is -1.38. The van der Waals surface area contributed by atoms with Crippen LogP contribution in [-0.2, 0) is 0 Å². The van der Waals surface area contributed by atoms with Crippen molar-refractivity contribution in [2.75, 3.05) is 7.05 Å². The van der Waals surface area contributed by atoms with E-state index in [9.17, 15) is 9.59 Å². The Labute approximate surface area is 107 Å². The molecule has 1 saturated carbocycles. The van der Waals surface area contributed by atoms with E-state index in [-0.39, 0.29) is 10.9 Å². The van der Waals surface area contributed by atoms with E-state index >= 15 is 0 Å². The van der Waals surface area contributed by atoms with E-state index in [4.69, 9.17) is 0 Å². The topological polar surface area (TPSA) is 37.4 Å². The summed E-state index contributed by atoms with van der Waals surface area (Å²) < 4.78 is 0. The Morgan fingerprint density at radius 1 is 1.17 bits per heavy atom. The number of allylic oxidation sites excluding steroid dienone is 1. The van der Waals surface area contributed by atoms with Crippen LogP contribution in [-0.4, -0.2) is 18.0 Å². The fourth-order valence-corrected chi connectivity index (χ4v) is 3.59. The lowest BCUT2D eigenvalue weighted by molar-refractivity contribution is 0.228. The minimum atomic E-state index is -0.306. The lowest BCUT2D eigenvalue weighted by atomic mass is 9.85. The van der Waals surface area contributed by atoms with Crippen molar-refractivity contribution in [2.45, 2.75) is 45.1 Å². The molecule has 2 atom stereocenters. The zero-order valence-electron chi connectivity index (χ0n) is 11.0. The van der Waals surface area contributed by atoms with Gasteiger partial charge in [-0.1, -0.05) is 12.8 Å². The molecular weight excluding hydrogens is 226 g/mol. The fraction of sp³-hybridized carbons (Fsp3) is 0.600. The van der Waals surface area contributed by atoms with Gasteiger partial charge < -0.3 is 4.90 Å². The van der Waals surface area contributed by atoms with Crippen molar-refractivity contribution in [3.05, 3.63) is 37.3 Å². The van der Waals surface area contributed by atoms with Gasteiger partial charge in [0, 0.05) is 29.9 Å².